The molecule has 0 aliphatic carbocycles. The fourth-order valence-corrected chi connectivity index (χ4v) is 2.21. The van der Waals surface area contributed by atoms with Crippen LogP contribution in [-0.4, -0.2) is 40.4 Å². The first-order chi connectivity index (χ1) is 8.34. The highest BCUT2D eigenvalue weighted by Gasteiger charge is 2.51. The van der Waals surface area contributed by atoms with Gasteiger partial charge in [0.2, 0.25) is 0 Å². The van der Waals surface area contributed by atoms with Crippen LogP contribution in [0.25, 0.3) is 0 Å². The summed E-state index contributed by atoms with van der Waals surface area (Å²) in [4.78, 5) is 22.8. The van der Waals surface area contributed by atoms with Gasteiger partial charge in [-0.1, -0.05) is 12.8 Å². The molecule has 0 spiro atoms. The molecule has 4 nitrogen and oxygen atoms in total. The molecule has 0 saturated carbocycles. The summed E-state index contributed by atoms with van der Waals surface area (Å²) in [5, 5.41) is 8.43. The van der Waals surface area contributed by atoms with E-state index in [9.17, 15) is 18.4 Å². The molecule has 1 amide bonds. The van der Waals surface area contributed by atoms with Crippen molar-refractivity contribution in [3.8, 4) is 0 Å². The normalized spacial score (nSPS) is 22.5. The van der Waals surface area contributed by atoms with E-state index in [0.29, 0.717) is 19.4 Å². The lowest BCUT2D eigenvalue weighted by Crippen LogP contribution is -2.36. The summed E-state index contributed by atoms with van der Waals surface area (Å²) in [6, 6.07) is -0.411. The largest absolute Gasteiger partial charge is 0.481 e. The van der Waals surface area contributed by atoms with Gasteiger partial charge in [-0.25, -0.2) is 0 Å². The Bertz CT molecular complexity index is 320. The second kappa shape index (κ2) is 6.11. The molecule has 18 heavy (non-hydrogen) atoms. The fourth-order valence-electron chi connectivity index (χ4n) is 2.21. The highest BCUT2D eigenvalue weighted by atomic mass is 19.3. The van der Waals surface area contributed by atoms with Crippen LogP contribution in [-0.2, 0) is 9.59 Å². The third kappa shape index (κ3) is 3.92. The number of hydrogen-bond acceptors (Lipinski definition) is 2. The van der Waals surface area contributed by atoms with Crippen LogP contribution in [0.3, 0.4) is 0 Å². The van der Waals surface area contributed by atoms with Crippen LogP contribution in [0.2, 0.25) is 0 Å². The lowest BCUT2D eigenvalue weighted by molar-refractivity contribution is -0.148. The van der Waals surface area contributed by atoms with E-state index < -0.39 is 30.3 Å². The number of carboxylic acid groups (broad SMARTS) is 1. The Kier molecular flexibility index (Phi) is 5.04. The Morgan fingerprint density at radius 1 is 1.39 bits per heavy atom. The van der Waals surface area contributed by atoms with Crippen molar-refractivity contribution >= 4 is 11.9 Å². The quantitative estimate of drug-likeness (QED) is 0.717. The third-order valence-electron chi connectivity index (χ3n) is 3.20. The monoisotopic (exact) mass is 263 g/mol. The molecule has 1 aliphatic rings. The minimum Gasteiger partial charge on any atom is -0.481 e. The van der Waals surface area contributed by atoms with E-state index in [1.54, 1.807) is 6.92 Å². The van der Waals surface area contributed by atoms with Gasteiger partial charge in [-0.3, -0.25) is 9.59 Å². The van der Waals surface area contributed by atoms with Gasteiger partial charge in [-0.15, -0.1) is 0 Å². The molecule has 104 valence electrons. The molecule has 1 unspecified atom stereocenters. The Hall–Kier alpha value is -1.20. The number of halogens is 2. The summed E-state index contributed by atoms with van der Waals surface area (Å²) < 4.78 is 26.2. The van der Waals surface area contributed by atoms with E-state index in [2.05, 4.69) is 0 Å². The first kappa shape index (κ1) is 14.9. The Morgan fingerprint density at radius 2 is 2.00 bits per heavy atom. The van der Waals surface area contributed by atoms with Crippen molar-refractivity contribution in [2.45, 2.75) is 57.4 Å². The van der Waals surface area contributed by atoms with Gasteiger partial charge in [-0.05, 0) is 19.8 Å². The molecule has 6 heteroatoms. The number of unbranched alkanes of at least 4 members (excludes halogenated alkanes) is 3. The molecule has 1 N–H and O–H groups in total. The summed E-state index contributed by atoms with van der Waals surface area (Å²) in [7, 11) is 0. The molecule has 0 aromatic heterocycles. The van der Waals surface area contributed by atoms with Gasteiger partial charge >= 0.3 is 11.9 Å². The number of nitrogens with zero attached hydrogens (tertiary/aromatic N) is 1. The minimum absolute atomic E-state index is 0.136. The van der Waals surface area contributed by atoms with Crippen molar-refractivity contribution in [2.75, 3.05) is 6.54 Å². The van der Waals surface area contributed by atoms with Gasteiger partial charge in [-0.2, -0.15) is 8.78 Å². The lowest BCUT2D eigenvalue weighted by atomic mass is 10.1. The van der Waals surface area contributed by atoms with Gasteiger partial charge in [0, 0.05) is 25.4 Å². The van der Waals surface area contributed by atoms with Crippen LogP contribution in [0, 0.1) is 0 Å². The number of hydrogen-bond donors (Lipinski definition) is 1. The molecular weight excluding hydrogens is 244 g/mol. The molecule has 0 bridgehead atoms. The second-order valence-electron chi connectivity index (χ2n) is 4.81. The molecule has 1 rings (SSSR count). The van der Waals surface area contributed by atoms with Crippen LogP contribution >= 0.6 is 0 Å². The van der Waals surface area contributed by atoms with Crippen molar-refractivity contribution in [2.24, 2.45) is 0 Å². The van der Waals surface area contributed by atoms with E-state index >= 15 is 0 Å². The number of carboxylic acids is 1. The number of likely N-dealkylation sites (tertiary alicyclic amines) is 1. The highest BCUT2D eigenvalue weighted by Crippen LogP contribution is 2.33. The van der Waals surface area contributed by atoms with E-state index in [1.807, 2.05) is 0 Å². The first-order valence-corrected chi connectivity index (χ1v) is 6.25. The predicted molar refractivity (Wildman–Crippen MR) is 61.5 cm³/mol. The molecule has 0 radical (unpaired) electrons. The fraction of sp³-hybridized carbons (Fsp3) is 0.833. The van der Waals surface area contributed by atoms with Crippen molar-refractivity contribution in [1.82, 2.24) is 4.90 Å². The zero-order valence-electron chi connectivity index (χ0n) is 10.5. The number of amides is 1. The molecule has 1 saturated heterocycles. The average molecular weight is 263 g/mol. The van der Waals surface area contributed by atoms with Gasteiger partial charge < -0.3 is 10.0 Å². The van der Waals surface area contributed by atoms with Crippen molar-refractivity contribution < 1.29 is 23.5 Å². The number of carbonyl (C=O) groups excluding carboxylic acids is 1. The first-order valence-electron chi connectivity index (χ1n) is 6.25. The summed E-state index contributed by atoms with van der Waals surface area (Å²) in [6.45, 7) is 1.96. The zero-order valence-corrected chi connectivity index (χ0v) is 10.5. The van der Waals surface area contributed by atoms with Gasteiger partial charge in [0.1, 0.15) is 0 Å². The zero-order chi connectivity index (χ0) is 13.8. The van der Waals surface area contributed by atoms with Gasteiger partial charge in [0.25, 0.3) is 5.91 Å². The van der Waals surface area contributed by atoms with E-state index in [0.717, 1.165) is 12.8 Å². The van der Waals surface area contributed by atoms with Crippen molar-refractivity contribution in [1.29, 1.82) is 0 Å². The minimum atomic E-state index is -3.21. The molecule has 1 atom stereocenters. The summed E-state index contributed by atoms with van der Waals surface area (Å²) in [5.41, 5.74) is 0. The topological polar surface area (TPSA) is 57.6 Å². The molecule has 1 heterocycles. The summed E-state index contributed by atoms with van der Waals surface area (Å²) >= 11 is 0. The summed E-state index contributed by atoms with van der Waals surface area (Å²) in [6.07, 6.45) is 2.48. The lowest BCUT2D eigenvalue weighted by Gasteiger charge is -2.20. The molecule has 0 aromatic rings. The van der Waals surface area contributed by atoms with Gasteiger partial charge in [0.05, 0.1) is 0 Å². The van der Waals surface area contributed by atoms with Gasteiger partial charge in [0.15, 0.2) is 0 Å². The number of alkyl halides is 2. The van der Waals surface area contributed by atoms with Crippen LogP contribution in [0.4, 0.5) is 8.78 Å². The average Bonchev–Trinajstić information content (AvgIpc) is 2.44. The maximum atomic E-state index is 13.1. The molecule has 0 aromatic carbocycles. The maximum absolute atomic E-state index is 13.1. The van der Waals surface area contributed by atoms with Crippen molar-refractivity contribution in [3.63, 3.8) is 0 Å². The third-order valence-corrected chi connectivity index (χ3v) is 3.20. The Labute approximate surface area is 105 Å². The Balaban J connectivity index is 2.20. The van der Waals surface area contributed by atoms with Crippen LogP contribution < -0.4 is 0 Å². The Morgan fingerprint density at radius 3 is 2.50 bits per heavy atom. The van der Waals surface area contributed by atoms with Crippen molar-refractivity contribution in [3.05, 3.63) is 0 Å². The molecule has 1 fully saturated rings. The number of rotatable bonds is 7. The summed E-state index contributed by atoms with van der Waals surface area (Å²) in [5.74, 6) is -5.10. The van der Waals surface area contributed by atoms with Crippen LogP contribution in [0.5, 0.6) is 0 Å². The number of carbonyl (C=O) groups is 2. The predicted octanol–water partition coefficient (Wildman–Crippen LogP) is 2.28. The molecular formula is C12H19F2NO3. The van der Waals surface area contributed by atoms with E-state index in [-0.39, 0.29) is 6.42 Å². The smallest absolute Gasteiger partial charge is 0.326 e. The molecule has 1 aliphatic heterocycles. The van der Waals surface area contributed by atoms with E-state index in [1.165, 1.54) is 4.90 Å². The standard InChI is InChI=1S/C12H19F2NO3/c1-9-8-12(13,14)11(18)15(9)7-5-3-2-4-6-10(16)17/h9H,2-8H2,1H3,(H,16,17). The van der Waals surface area contributed by atoms with E-state index in [4.69, 9.17) is 5.11 Å². The number of aliphatic carboxylic acids is 1. The highest BCUT2D eigenvalue weighted by molar-refractivity contribution is 5.86. The SMILES string of the molecule is CC1CC(F)(F)C(=O)N1CCCCCCC(=O)O. The maximum Gasteiger partial charge on any atom is 0.326 e. The van der Waals surface area contributed by atoms with Crippen LogP contribution in [0.15, 0.2) is 0 Å². The second-order valence-corrected chi connectivity index (χ2v) is 4.81. The van der Waals surface area contributed by atoms with Crippen LogP contribution in [0.1, 0.15) is 45.4 Å².